The van der Waals surface area contributed by atoms with Gasteiger partial charge in [0.2, 0.25) is 0 Å². The number of imidazole rings is 1. The average molecular weight is 555 g/mol. The zero-order valence-corrected chi connectivity index (χ0v) is 23.2. The van der Waals surface area contributed by atoms with E-state index in [1.165, 1.54) is 24.1 Å². The molecule has 2 heterocycles. The first kappa shape index (κ1) is 29.4. The summed E-state index contributed by atoms with van der Waals surface area (Å²) in [6.07, 6.45) is 5.62. The van der Waals surface area contributed by atoms with Gasteiger partial charge in [-0.2, -0.15) is 13.2 Å². The zero-order chi connectivity index (χ0) is 28.1. The van der Waals surface area contributed by atoms with Gasteiger partial charge in [-0.25, -0.2) is 20.0 Å². The van der Waals surface area contributed by atoms with Crippen molar-refractivity contribution in [3.63, 3.8) is 0 Å². The van der Waals surface area contributed by atoms with Crippen LogP contribution in [0.15, 0.2) is 42.9 Å². The predicted molar refractivity (Wildman–Crippen MR) is 141 cm³/mol. The summed E-state index contributed by atoms with van der Waals surface area (Å²) >= 11 is 0. The third-order valence-corrected chi connectivity index (χ3v) is 6.90. The number of rotatable bonds is 11. The number of carbonyl (C=O) groups is 1. The Morgan fingerprint density at radius 3 is 2.21 bits per heavy atom. The highest BCUT2D eigenvalue weighted by molar-refractivity contribution is 8.32. The van der Waals surface area contributed by atoms with Crippen molar-refractivity contribution < 1.29 is 32.2 Å². The average Bonchev–Trinajstić information content (AvgIpc) is 3.30. The molecule has 2 aromatic heterocycles. The Morgan fingerprint density at radius 1 is 1.03 bits per heavy atom. The summed E-state index contributed by atoms with van der Waals surface area (Å²) in [7, 11) is 0.544. The number of ether oxygens (including phenoxy) is 3. The van der Waals surface area contributed by atoms with Crippen LogP contribution in [0, 0.1) is 5.41 Å². The van der Waals surface area contributed by atoms with Crippen molar-refractivity contribution in [2.75, 3.05) is 44.8 Å². The number of methoxy groups -OCH3 is 1. The lowest BCUT2D eigenvalue weighted by molar-refractivity contribution is -0.152. The lowest BCUT2D eigenvalue weighted by Crippen LogP contribution is -2.32. The third kappa shape index (κ3) is 7.94. The van der Waals surface area contributed by atoms with Crippen molar-refractivity contribution in [3.05, 3.63) is 48.5 Å². The molecule has 12 heteroatoms. The van der Waals surface area contributed by atoms with E-state index >= 15 is 0 Å². The van der Waals surface area contributed by atoms with Crippen LogP contribution in [0.2, 0.25) is 0 Å². The summed E-state index contributed by atoms with van der Waals surface area (Å²) in [5.74, 6) is 1.05. The smallest absolute Gasteiger partial charge is 0.434 e. The molecule has 0 N–H and O–H groups in total. The maximum Gasteiger partial charge on any atom is 0.434 e. The van der Waals surface area contributed by atoms with Crippen LogP contribution in [0.1, 0.15) is 19.5 Å². The quantitative estimate of drug-likeness (QED) is 0.236. The highest BCUT2D eigenvalue weighted by Gasteiger charge is 2.35. The highest BCUT2D eigenvalue weighted by atomic mass is 32.3. The van der Waals surface area contributed by atoms with Crippen LogP contribution in [0.25, 0.3) is 22.8 Å². The van der Waals surface area contributed by atoms with Crippen LogP contribution in [0.4, 0.5) is 13.2 Å². The van der Waals surface area contributed by atoms with Crippen LogP contribution < -0.4 is 4.74 Å². The first-order valence-electron chi connectivity index (χ1n) is 11.7. The Morgan fingerprint density at radius 2 is 1.66 bits per heavy atom. The van der Waals surface area contributed by atoms with Crippen LogP contribution in [-0.2, 0) is 27.2 Å². The summed E-state index contributed by atoms with van der Waals surface area (Å²) in [6.45, 7) is 3.95. The number of hydrogen-bond donors (Lipinski definition) is 0. The van der Waals surface area contributed by atoms with E-state index < -0.39 is 27.3 Å². The second-order valence-electron chi connectivity index (χ2n) is 10.2. The van der Waals surface area contributed by atoms with Crippen LogP contribution in [-0.4, -0.2) is 70.3 Å². The Labute approximate surface area is 221 Å². The van der Waals surface area contributed by atoms with E-state index in [0.29, 0.717) is 18.1 Å². The van der Waals surface area contributed by atoms with Gasteiger partial charge >= 0.3 is 12.1 Å². The molecule has 0 fully saturated rings. The number of alkyl halides is 3. The Hall–Kier alpha value is -3.12. The van der Waals surface area contributed by atoms with E-state index in [4.69, 9.17) is 14.2 Å². The van der Waals surface area contributed by atoms with Gasteiger partial charge in [0.05, 0.1) is 37.2 Å². The Bertz CT molecular complexity index is 1220. The molecule has 8 nitrogen and oxygen atoms in total. The standard InChI is InChI=1S/C26H33F3N4O4S/c1-25(2,24(34)35-3)16-37-19-9-7-18(8-10-19)20-13-31-21(14-30-20)23-32-22(26(27,28)29)15-33(23)17-36-11-12-38(4,5)6/h7-10,13-15H,11-12,16-17H2,1-6H3. The van der Waals surface area contributed by atoms with Crippen LogP contribution in [0.3, 0.4) is 0 Å². The molecule has 1 aromatic carbocycles. The molecule has 0 aliphatic rings. The molecule has 38 heavy (non-hydrogen) atoms. The van der Waals surface area contributed by atoms with Crippen molar-refractivity contribution in [2.45, 2.75) is 26.8 Å². The zero-order valence-electron chi connectivity index (χ0n) is 22.3. The molecule has 0 amide bonds. The van der Waals surface area contributed by atoms with Crippen molar-refractivity contribution in [1.82, 2.24) is 19.5 Å². The SMILES string of the molecule is COC(=O)C(C)(C)COc1ccc(-c2cnc(-c3nc(C(F)(F)F)cn3COCCS(C)(C)C)cn2)cc1. The van der Waals surface area contributed by atoms with E-state index in [1.807, 2.05) is 0 Å². The number of esters is 1. The van der Waals surface area contributed by atoms with Gasteiger partial charge in [-0.05, 0) is 56.9 Å². The monoisotopic (exact) mass is 554 g/mol. The van der Waals surface area contributed by atoms with Gasteiger partial charge in [0.1, 0.15) is 24.8 Å². The maximum absolute atomic E-state index is 13.4. The molecule has 0 spiro atoms. The van der Waals surface area contributed by atoms with Crippen molar-refractivity contribution >= 4 is 16.0 Å². The summed E-state index contributed by atoms with van der Waals surface area (Å²) in [4.78, 5) is 24.3. The van der Waals surface area contributed by atoms with Gasteiger partial charge < -0.3 is 18.8 Å². The Kier molecular flexibility index (Phi) is 9.09. The van der Waals surface area contributed by atoms with E-state index in [0.717, 1.165) is 17.5 Å². The van der Waals surface area contributed by atoms with Crippen molar-refractivity contribution in [3.8, 4) is 28.5 Å². The van der Waals surface area contributed by atoms with E-state index in [-0.39, 0.29) is 30.8 Å². The lowest BCUT2D eigenvalue weighted by atomic mass is 9.95. The molecule has 0 atom stereocenters. The van der Waals surface area contributed by atoms with Gasteiger partial charge in [0.15, 0.2) is 11.5 Å². The highest BCUT2D eigenvalue weighted by Crippen LogP contribution is 2.34. The number of hydrogen-bond acceptors (Lipinski definition) is 7. The van der Waals surface area contributed by atoms with Crippen LogP contribution in [0.5, 0.6) is 5.75 Å². The molecular weight excluding hydrogens is 521 g/mol. The number of aromatic nitrogens is 4. The fourth-order valence-electron chi connectivity index (χ4n) is 3.24. The number of carbonyl (C=O) groups excluding carboxylic acids is 1. The molecule has 0 radical (unpaired) electrons. The van der Waals surface area contributed by atoms with Crippen LogP contribution >= 0.6 is 10.0 Å². The Balaban J connectivity index is 1.74. The second-order valence-corrected chi connectivity index (χ2v) is 14.8. The molecule has 0 aliphatic carbocycles. The summed E-state index contributed by atoms with van der Waals surface area (Å²) < 4.78 is 57.5. The fourth-order valence-corrected chi connectivity index (χ4v) is 3.86. The minimum atomic E-state index is -4.60. The molecule has 3 rings (SSSR count). The molecule has 0 bridgehead atoms. The molecule has 0 saturated carbocycles. The van der Waals surface area contributed by atoms with Gasteiger partial charge in [0.25, 0.3) is 0 Å². The van der Waals surface area contributed by atoms with E-state index in [9.17, 15) is 18.0 Å². The summed E-state index contributed by atoms with van der Waals surface area (Å²) in [6, 6.07) is 7.02. The van der Waals surface area contributed by atoms with Crippen molar-refractivity contribution in [1.29, 1.82) is 0 Å². The molecule has 208 valence electrons. The maximum atomic E-state index is 13.4. The summed E-state index contributed by atoms with van der Waals surface area (Å²) in [5.41, 5.74) is -0.371. The second kappa shape index (κ2) is 11.7. The molecular formula is C26H33F3N4O4S. The van der Waals surface area contributed by atoms with Gasteiger partial charge in [-0.3, -0.25) is 9.78 Å². The predicted octanol–water partition coefficient (Wildman–Crippen LogP) is 5.27. The number of halogens is 3. The van der Waals surface area contributed by atoms with Gasteiger partial charge in [0, 0.05) is 17.5 Å². The minimum absolute atomic E-state index is 0.0245. The third-order valence-electron chi connectivity index (χ3n) is 5.51. The van der Waals surface area contributed by atoms with Gasteiger partial charge in [-0.1, -0.05) is 0 Å². The number of nitrogens with zero attached hydrogens (tertiary/aromatic N) is 4. The largest absolute Gasteiger partial charge is 0.492 e. The molecule has 0 aliphatic heterocycles. The first-order chi connectivity index (χ1) is 17.7. The van der Waals surface area contributed by atoms with E-state index in [2.05, 4.69) is 33.7 Å². The number of benzene rings is 1. The summed E-state index contributed by atoms with van der Waals surface area (Å²) in [5, 5.41) is 0. The first-order valence-corrected chi connectivity index (χ1v) is 14.7. The van der Waals surface area contributed by atoms with E-state index in [1.54, 1.807) is 38.1 Å². The lowest BCUT2D eigenvalue weighted by Gasteiger charge is -2.24. The van der Waals surface area contributed by atoms with Gasteiger partial charge in [-0.15, -0.1) is 0 Å². The fraction of sp³-hybridized carbons (Fsp3) is 0.462. The van der Waals surface area contributed by atoms with Crippen molar-refractivity contribution in [2.24, 2.45) is 5.41 Å². The molecule has 0 unspecified atom stereocenters. The minimum Gasteiger partial charge on any atom is -0.492 e. The molecule has 3 aromatic rings. The normalized spacial score (nSPS) is 12.9. The molecule has 0 saturated heterocycles. The topological polar surface area (TPSA) is 88.4 Å².